The molecule has 6 heteroatoms. The summed E-state index contributed by atoms with van der Waals surface area (Å²) in [5.41, 5.74) is 1.20. The largest absolute Gasteiger partial charge is 0.284 e. The molecule has 2 aromatic heterocycles. The van der Waals surface area contributed by atoms with E-state index in [-0.39, 0.29) is 11.7 Å². The summed E-state index contributed by atoms with van der Waals surface area (Å²) in [6.07, 6.45) is 3.37. The van der Waals surface area contributed by atoms with Crippen molar-refractivity contribution in [2.75, 3.05) is 4.90 Å². The average molecular weight is 301 g/mol. The van der Waals surface area contributed by atoms with Crippen LogP contribution < -0.4 is 4.90 Å². The number of hydrogen-bond donors (Lipinski definition) is 0. The van der Waals surface area contributed by atoms with Gasteiger partial charge in [0.1, 0.15) is 11.3 Å². The van der Waals surface area contributed by atoms with Crippen LogP contribution in [-0.2, 0) is 11.3 Å². The molecule has 3 aromatic rings. The van der Waals surface area contributed by atoms with E-state index in [9.17, 15) is 9.18 Å². The lowest BCUT2D eigenvalue weighted by molar-refractivity contribution is -0.116. The van der Waals surface area contributed by atoms with Gasteiger partial charge in [-0.05, 0) is 23.8 Å². The molecule has 0 unspecified atom stereocenters. The number of nitrogens with zero attached hydrogens (tertiary/aromatic N) is 3. The summed E-state index contributed by atoms with van der Waals surface area (Å²) in [6, 6.07) is 8.49. The van der Waals surface area contributed by atoms with E-state index < -0.39 is 0 Å². The van der Waals surface area contributed by atoms with Crippen molar-refractivity contribution in [3.05, 3.63) is 54.1 Å². The zero-order valence-corrected chi connectivity index (χ0v) is 12.1. The highest BCUT2D eigenvalue weighted by Crippen LogP contribution is 2.31. The van der Waals surface area contributed by atoms with Crippen molar-refractivity contribution in [1.29, 1.82) is 0 Å². The summed E-state index contributed by atoms with van der Waals surface area (Å²) in [5, 5.41) is 0.492. The molecule has 0 aliphatic rings. The molecule has 21 heavy (non-hydrogen) atoms. The second-order valence-corrected chi connectivity index (χ2v) is 5.56. The number of carbonyl (C=O) groups is 1. The number of aromatic nitrogens is 2. The number of para-hydroxylation sites is 1. The van der Waals surface area contributed by atoms with Crippen LogP contribution in [0.15, 0.2) is 42.7 Å². The Morgan fingerprint density at radius 1 is 1.33 bits per heavy atom. The van der Waals surface area contributed by atoms with Gasteiger partial charge in [0.15, 0.2) is 5.13 Å². The molecule has 0 spiro atoms. The summed E-state index contributed by atoms with van der Waals surface area (Å²) in [4.78, 5) is 21.7. The second-order valence-electron chi connectivity index (χ2n) is 4.55. The van der Waals surface area contributed by atoms with E-state index in [2.05, 4.69) is 9.97 Å². The van der Waals surface area contributed by atoms with Crippen molar-refractivity contribution >= 4 is 32.6 Å². The highest BCUT2D eigenvalue weighted by Gasteiger charge is 2.18. The SMILES string of the molecule is CC(=O)N(Cc1cccnc1)c1nc2c(F)cccc2s1. The van der Waals surface area contributed by atoms with E-state index in [1.165, 1.54) is 29.2 Å². The predicted molar refractivity (Wildman–Crippen MR) is 80.7 cm³/mol. The van der Waals surface area contributed by atoms with E-state index in [0.29, 0.717) is 17.2 Å². The van der Waals surface area contributed by atoms with Gasteiger partial charge in [0.05, 0.1) is 11.2 Å². The first-order valence-electron chi connectivity index (χ1n) is 6.37. The number of rotatable bonds is 3. The van der Waals surface area contributed by atoms with Gasteiger partial charge in [-0.3, -0.25) is 14.7 Å². The Kier molecular flexibility index (Phi) is 3.62. The Morgan fingerprint density at radius 3 is 2.86 bits per heavy atom. The number of amides is 1. The number of fused-ring (bicyclic) bond motifs is 1. The average Bonchev–Trinajstić information content (AvgIpc) is 2.91. The summed E-state index contributed by atoms with van der Waals surface area (Å²) in [7, 11) is 0. The maximum absolute atomic E-state index is 13.7. The Morgan fingerprint density at radius 2 is 2.19 bits per heavy atom. The molecule has 0 aliphatic carbocycles. The molecule has 0 aliphatic heterocycles. The summed E-state index contributed by atoms with van der Waals surface area (Å²) in [6.45, 7) is 1.84. The monoisotopic (exact) mass is 301 g/mol. The Hall–Kier alpha value is -2.34. The third kappa shape index (κ3) is 2.75. The molecule has 0 atom stereocenters. The number of thiazole rings is 1. The fourth-order valence-electron chi connectivity index (χ4n) is 2.01. The van der Waals surface area contributed by atoms with E-state index in [4.69, 9.17) is 0 Å². The normalized spacial score (nSPS) is 10.8. The van der Waals surface area contributed by atoms with E-state index >= 15 is 0 Å². The van der Waals surface area contributed by atoms with Gasteiger partial charge in [0.25, 0.3) is 0 Å². The second kappa shape index (κ2) is 5.57. The third-order valence-corrected chi connectivity index (χ3v) is 4.08. The molecule has 0 saturated heterocycles. The lowest BCUT2D eigenvalue weighted by Crippen LogP contribution is -2.27. The highest BCUT2D eigenvalue weighted by molar-refractivity contribution is 7.22. The van der Waals surface area contributed by atoms with Gasteiger partial charge >= 0.3 is 0 Å². The van der Waals surface area contributed by atoms with Crippen molar-refractivity contribution in [2.45, 2.75) is 13.5 Å². The molecule has 0 fully saturated rings. The van der Waals surface area contributed by atoms with Gasteiger partial charge in [0, 0.05) is 19.3 Å². The Balaban J connectivity index is 1.99. The maximum atomic E-state index is 13.7. The van der Waals surface area contributed by atoms with E-state index in [1.807, 2.05) is 12.1 Å². The van der Waals surface area contributed by atoms with Crippen LogP contribution in [0, 0.1) is 5.82 Å². The van der Waals surface area contributed by atoms with Crippen molar-refractivity contribution in [1.82, 2.24) is 9.97 Å². The maximum Gasteiger partial charge on any atom is 0.225 e. The van der Waals surface area contributed by atoms with Crippen LogP contribution in [0.3, 0.4) is 0 Å². The Bertz CT molecular complexity index is 788. The molecular weight excluding hydrogens is 289 g/mol. The molecule has 4 nitrogen and oxygen atoms in total. The first-order chi connectivity index (χ1) is 10.1. The van der Waals surface area contributed by atoms with Crippen LogP contribution in [0.5, 0.6) is 0 Å². The van der Waals surface area contributed by atoms with Crippen molar-refractivity contribution in [2.24, 2.45) is 0 Å². The van der Waals surface area contributed by atoms with Gasteiger partial charge in [-0.1, -0.05) is 23.5 Å². The smallest absolute Gasteiger partial charge is 0.225 e. The number of hydrogen-bond acceptors (Lipinski definition) is 4. The molecule has 106 valence electrons. The van der Waals surface area contributed by atoms with Crippen LogP contribution in [0.25, 0.3) is 10.2 Å². The summed E-state index contributed by atoms with van der Waals surface area (Å²) >= 11 is 1.30. The minimum Gasteiger partial charge on any atom is -0.284 e. The van der Waals surface area contributed by atoms with Crippen LogP contribution in [-0.4, -0.2) is 15.9 Å². The molecular formula is C15H12FN3OS. The number of carbonyl (C=O) groups excluding carboxylic acids is 1. The number of halogens is 1. The fraction of sp³-hybridized carbons (Fsp3) is 0.133. The van der Waals surface area contributed by atoms with E-state index in [1.54, 1.807) is 24.5 Å². The zero-order valence-electron chi connectivity index (χ0n) is 11.3. The van der Waals surface area contributed by atoms with Gasteiger partial charge in [-0.2, -0.15) is 0 Å². The van der Waals surface area contributed by atoms with Crippen molar-refractivity contribution < 1.29 is 9.18 Å². The minimum atomic E-state index is -0.375. The van der Waals surface area contributed by atoms with Gasteiger partial charge < -0.3 is 0 Å². The van der Waals surface area contributed by atoms with Crippen LogP contribution in [0.1, 0.15) is 12.5 Å². The summed E-state index contributed by atoms with van der Waals surface area (Å²) < 4.78 is 14.4. The fourth-order valence-corrected chi connectivity index (χ4v) is 3.03. The topological polar surface area (TPSA) is 46.1 Å². The molecule has 0 bridgehead atoms. The lowest BCUT2D eigenvalue weighted by Gasteiger charge is -2.17. The highest BCUT2D eigenvalue weighted by atomic mass is 32.1. The van der Waals surface area contributed by atoms with Gasteiger partial charge in [-0.15, -0.1) is 0 Å². The standard InChI is InChI=1S/C15H12FN3OS/c1-10(20)19(9-11-4-3-7-17-8-11)15-18-14-12(16)5-2-6-13(14)21-15/h2-8H,9H2,1H3. The number of benzene rings is 1. The minimum absolute atomic E-state index is 0.140. The lowest BCUT2D eigenvalue weighted by atomic mass is 10.3. The first kappa shape index (κ1) is 13.6. The molecule has 1 aromatic carbocycles. The van der Waals surface area contributed by atoms with Gasteiger partial charge in [0.2, 0.25) is 5.91 Å². The number of pyridine rings is 1. The zero-order chi connectivity index (χ0) is 14.8. The molecule has 0 saturated carbocycles. The Labute approximate surface area is 124 Å². The molecule has 3 rings (SSSR count). The predicted octanol–water partition coefficient (Wildman–Crippen LogP) is 3.38. The molecule has 0 radical (unpaired) electrons. The van der Waals surface area contributed by atoms with Crippen molar-refractivity contribution in [3.8, 4) is 0 Å². The molecule has 1 amide bonds. The van der Waals surface area contributed by atoms with Crippen molar-refractivity contribution in [3.63, 3.8) is 0 Å². The number of anilines is 1. The van der Waals surface area contributed by atoms with Crippen LogP contribution >= 0.6 is 11.3 Å². The van der Waals surface area contributed by atoms with Crippen LogP contribution in [0.4, 0.5) is 9.52 Å². The van der Waals surface area contributed by atoms with Gasteiger partial charge in [-0.25, -0.2) is 9.37 Å². The third-order valence-electron chi connectivity index (χ3n) is 3.03. The van der Waals surface area contributed by atoms with E-state index in [0.717, 1.165) is 10.3 Å². The molecule has 0 N–H and O–H groups in total. The first-order valence-corrected chi connectivity index (χ1v) is 7.19. The molecule has 2 heterocycles. The summed E-state index contributed by atoms with van der Waals surface area (Å²) in [5.74, 6) is -0.516. The van der Waals surface area contributed by atoms with Crippen LogP contribution in [0.2, 0.25) is 0 Å². The quantitative estimate of drug-likeness (QED) is 0.745.